The van der Waals surface area contributed by atoms with Crippen LogP contribution in [0.2, 0.25) is 0 Å². The molecule has 0 saturated carbocycles. The first kappa shape index (κ1) is 15.0. The van der Waals surface area contributed by atoms with Gasteiger partial charge < -0.3 is 14.9 Å². The molecule has 0 radical (unpaired) electrons. The Hall–Kier alpha value is -2.44. The summed E-state index contributed by atoms with van der Waals surface area (Å²) in [6, 6.07) is 1.64. The zero-order valence-corrected chi connectivity index (χ0v) is 12.1. The summed E-state index contributed by atoms with van der Waals surface area (Å²) in [6.07, 6.45) is 0.451. The molecule has 7 nitrogen and oxygen atoms in total. The molecule has 1 atom stereocenters. The number of carbonyl (C=O) groups is 2. The summed E-state index contributed by atoms with van der Waals surface area (Å²) in [6.45, 7) is 5.33. The molecule has 2 heterocycles. The Morgan fingerprint density at radius 1 is 1.43 bits per heavy atom. The Balaban J connectivity index is 2.27. The van der Waals surface area contributed by atoms with Gasteiger partial charge in [-0.3, -0.25) is 9.59 Å². The SMILES string of the molecule is CCC(CNC(=O)c1cc(C)nc2onc(C)c12)C(=O)O. The molecule has 2 rings (SSSR count). The van der Waals surface area contributed by atoms with Crippen molar-refractivity contribution in [3.63, 3.8) is 0 Å². The zero-order valence-electron chi connectivity index (χ0n) is 12.1. The molecule has 2 aromatic heterocycles. The topological polar surface area (TPSA) is 105 Å². The van der Waals surface area contributed by atoms with Gasteiger partial charge >= 0.3 is 5.97 Å². The van der Waals surface area contributed by atoms with Crippen LogP contribution in [0.25, 0.3) is 11.1 Å². The number of rotatable bonds is 5. The molecule has 21 heavy (non-hydrogen) atoms. The van der Waals surface area contributed by atoms with Crippen molar-refractivity contribution in [3.05, 3.63) is 23.0 Å². The summed E-state index contributed by atoms with van der Waals surface area (Å²) in [5, 5.41) is 16.0. The lowest BCUT2D eigenvalue weighted by Gasteiger charge is -2.11. The van der Waals surface area contributed by atoms with E-state index in [-0.39, 0.29) is 12.5 Å². The number of carboxylic acid groups (broad SMARTS) is 1. The summed E-state index contributed by atoms with van der Waals surface area (Å²) >= 11 is 0. The van der Waals surface area contributed by atoms with E-state index < -0.39 is 11.9 Å². The predicted molar refractivity (Wildman–Crippen MR) is 75.0 cm³/mol. The summed E-state index contributed by atoms with van der Waals surface area (Å²) in [7, 11) is 0. The van der Waals surface area contributed by atoms with Crippen molar-refractivity contribution in [1.82, 2.24) is 15.5 Å². The Bertz CT molecular complexity index is 693. The average Bonchev–Trinajstić information content (AvgIpc) is 2.79. The molecule has 0 aliphatic heterocycles. The number of pyridine rings is 1. The molecule has 2 N–H and O–H groups in total. The number of aliphatic carboxylic acids is 1. The maximum Gasteiger partial charge on any atom is 0.308 e. The number of hydrogen-bond acceptors (Lipinski definition) is 5. The highest BCUT2D eigenvalue weighted by Crippen LogP contribution is 2.21. The van der Waals surface area contributed by atoms with Gasteiger partial charge in [-0.05, 0) is 26.3 Å². The van der Waals surface area contributed by atoms with Gasteiger partial charge in [0, 0.05) is 12.2 Å². The van der Waals surface area contributed by atoms with E-state index in [4.69, 9.17) is 9.63 Å². The van der Waals surface area contributed by atoms with E-state index >= 15 is 0 Å². The van der Waals surface area contributed by atoms with Gasteiger partial charge in [0.15, 0.2) is 0 Å². The highest BCUT2D eigenvalue weighted by Gasteiger charge is 2.20. The molecule has 1 amide bonds. The van der Waals surface area contributed by atoms with Crippen molar-refractivity contribution in [2.45, 2.75) is 27.2 Å². The van der Waals surface area contributed by atoms with E-state index in [1.54, 1.807) is 26.8 Å². The van der Waals surface area contributed by atoms with Gasteiger partial charge in [0.25, 0.3) is 11.6 Å². The second-order valence-electron chi connectivity index (χ2n) is 4.91. The first-order valence-electron chi connectivity index (χ1n) is 6.68. The smallest absolute Gasteiger partial charge is 0.308 e. The molecular weight excluding hydrogens is 274 g/mol. The fourth-order valence-corrected chi connectivity index (χ4v) is 2.11. The number of aryl methyl sites for hydroxylation is 2. The Morgan fingerprint density at radius 2 is 2.14 bits per heavy atom. The van der Waals surface area contributed by atoms with Crippen molar-refractivity contribution in [1.29, 1.82) is 0 Å². The third kappa shape index (κ3) is 3.01. The minimum absolute atomic E-state index is 0.0812. The van der Waals surface area contributed by atoms with E-state index in [0.29, 0.717) is 34.5 Å². The van der Waals surface area contributed by atoms with Crippen LogP contribution in [0.1, 0.15) is 35.1 Å². The molecule has 0 saturated heterocycles. The molecule has 7 heteroatoms. The Labute approximate surface area is 121 Å². The minimum atomic E-state index is -0.921. The predicted octanol–water partition coefficient (Wildman–Crippen LogP) is 1.68. The highest BCUT2D eigenvalue weighted by molar-refractivity contribution is 6.06. The molecule has 0 aliphatic rings. The quantitative estimate of drug-likeness (QED) is 0.868. The maximum atomic E-state index is 12.3. The van der Waals surface area contributed by atoms with Crippen LogP contribution in [-0.4, -0.2) is 33.7 Å². The van der Waals surface area contributed by atoms with Gasteiger partial charge in [-0.15, -0.1) is 0 Å². The van der Waals surface area contributed by atoms with E-state index in [1.807, 2.05) is 0 Å². The molecule has 0 aromatic carbocycles. The number of amides is 1. The van der Waals surface area contributed by atoms with Crippen molar-refractivity contribution in [3.8, 4) is 0 Å². The van der Waals surface area contributed by atoms with Crippen LogP contribution < -0.4 is 5.32 Å². The molecule has 2 aromatic rings. The average molecular weight is 291 g/mol. The van der Waals surface area contributed by atoms with Crippen LogP contribution in [0.4, 0.5) is 0 Å². The maximum absolute atomic E-state index is 12.3. The van der Waals surface area contributed by atoms with E-state index in [9.17, 15) is 9.59 Å². The molecule has 112 valence electrons. The number of carbonyl (C=O) groups excluding carboxylic acids is 1. The van der Waals surface area contributed by atoms with Crippen LogP contribution in [0, 0.1) is 19.8 Å². The Morgan fingerprint density at radius 3 is 2.76 bits per heavy atom. The molecule has 0 spiro atoms. The van der Waals surface area contributed by atoms with Gasteiger partial charge in [-0.1, -0.05) is 12.1 Å². The van der Waals surface area contributed by atoms with Gasteiger partial charge in [-0.25, -0.2) is 4.98 Å². The summed E-state index contributed by atoms with van der Waals surface area (Å²) < 4.78 is 5.07. The van der Waals surface area contributed by atoms with Crippen molar-refractivity contribution in [2.24, 2.45) is 5.92 Å². The van der Waals surface area contributed by atoms with E-state index in [1.165, 1.54) is 0 Å². The molecule has 0 fully saturated rings. The Kier molecular flexibility index (Phi) is 4.21. The lowest BCUT2D eigenvalue weighted by atomic mass is 10.1. The highest BCUT2D eigenvalue weighted by atomic mass is 16.5. The molecular formula is C14H17N3O4. The van der Waals surface area contributed by atoms with Crippen LogP contribution in [0.15, 0.2) is 10.6 Å². The number of nitrogens with zero attached hydrogens (tertiary/aromatic N) is 2. The number of fused-ring (bicyclic) bond motifs is 1. The van der Waals surface area contributed by atoms with Crippen LogP contribution in [0.3, 0.4) is 0 Å². The molecule has 0 aliphatic carbocycles. The zero-order chi connectivity index (χ0) is 15.6. The summed E-state index contributed by atoms with van der Waals surface area (Å²) in [5.74, 6) is -1.87. The van der Waals surface area contributed by atoms with Crippen molar-refractivity contribution < 1.29 is 19.2 Å². The largest absolute Gasteiger partial charge is 0.481 e. The standard InChI is InChI=1S/C14H17N3O4/c1-4-9(14(19)20)6-15-12(18)10-5-7(2)16-13-11(10)8(3)17-21-13/h5,9H,4,6H2,1-3H3,(H,15,18)(H,19,20). The van der Waals surface area contributed by atoms with Gasteiger partial charge in [-0.2, -0.15) is 0 Å². The third-order valence-corrected chi connectivity index (χ3v) is 3.34. The van der Waals surface area contributed by atoms with Crippen molar-refractivity contribution in [2.75, 3.05) is 6.54 Å². The second-order valence-corrected chi connectivity index (χ2v) is 4.91. The fraction of sp³-hybridized carbons (Fsp3) is 0.429. The lowest BCUT2D eigenvalue weighted by Crippen LogP contribution is -2.32. The first-order valence-corrected chi connectivity index (χ1v) is 6.68. The van der Waals surface area contributed by atoms with E-state index in [2.05, 4.69) is 15.5 Å². The normalized spacial score (nSPS) is 12.3. The van der Waals surface area contributed by atoms with Gasteiger partial charge in [0.2, 0.25) is 0 Å². The monoisotopic (exact) mass is 291 g/mol. The van der Waals surface area contributed by atoms with Crippen LogP contribution in [-0.2, 0) is 4.79 Å². The number of nitrogens with one attached hydrogen (secondary N) is 1. The summed E-state index contributed by atoms with van der Waals surface area (Å²) in [4.78, 5) is 27.5. The van der Waals surface area contributed by atoms with E-state index in [0.717, 1.165) is 0 Å². The minimum Gasteiger partial charge on any atom is -0.481 e. The number of carboxylic acids is 1. The number of aromatic nitrogens is 2. The molecule has 0 bridgehead atoms. The first-order chi connectivity index (χ1) is 9.93. The second kappa shape index (κ2) is 5.90. The van der Waals surface area contributed by atoms with Crippen molar-refractivity contribution >= 4 is 23.0 Å². The van der Waals surface area contributed by atoms with Crippen LogP contribution in [0.5, 0.6) is 0 Å². The fourth-order valence-electron chi connectivity index (χ4n) is 2.11. The van der Waals surface area contributed by atoms with Crippen LogP contribution >= 0.6 is 0 Å². The number of hydrogen-bond donors (Lipinski definition) is 2. The van der Waals surface area contributed by atoms with Gasteiger partial charge in [0.05, 0.1) is 22.6 Å². The van der Waals surface area contributed by atoms with Gasteiger partial charge in [0.1, 0.15) is 0 Å². The summed E-state index contributed by atoms with van der Waals surface area (Å²) in [5.41, 5.74) is 1.92. The lowest BCUT2D eigenvalue weighted by molar-refractivity contribution is -0.141. The molecule has 1 unspecified atom stereocenters. The third-order valence-electron chi connectivity index (χ3n) is 3.34.